The van der Waals surface area contributed by atoms with E-state index in [4.69, 9.17) is 12.2 Å². The van der Waals surface area contributed by atoms with Crippen molar-refractivity contribution in [2.24, 2.45) is 10.9 Å². The van der Waals surface area contributed by atoms with Crippen LogP contribution in [0.3, 0.4) is 0 Å². The van der Waals surface area contributed by atoms with Gasteiger partial charge in [0, 0.05) is 19.5 Å². The summed E-state index contributed by atoms with van der Waals surface area (Å²) in [5, 5.41) is 3.14. The average molecular weight is 399 g/mol. The first-order chi connectivity index (χ1) is 13.5. The number of amides is 2. The Hall–Kier alpha value is -2.67. The summed E-state index contributed by atoms with van der Waals surface area (Å²) in [7, 11) is 0. The third-order valence-electron chi connectivity index (χ3n) is 4.68. The van der Waals surface area contributed by atoms with Gasteiger partial charge in [0.05, 0.1) is 11.6 Å². The van der Waals surface area contributed by atoms with Crippen LogP contribution in [0.2, 0.25) is 0 Å². The smallest absolute Gasteiger partial charge is 0.241 e. The second-order valence-electron chi connectivity index (χ2n) is 6.74. The first kappa shape index (κ1) is 20.1. The average Bonchev–Trinajstić information content (AvgIpc) is 2.69. The predicted octanol–water partition coefficient (Wildman–Crippen LogP) is 3.31. The molecule has 1 aliphatic carbocycles. The maximum Gasteiger partial charge on any atom is 0.241 e. The number of carbonyl (C=O) groups excluding carboxylic acids is 2. The Bertz CT molecular complexity index is 846. The molecule has 0 bridgehead atoms. The lowest BCUT2D eigenvalue weighted by molar-refractivity contribution is -0.128. The number of aliphatic imine (C=N–C) groups is 1. The topological polar surface area (TPSA) is 61.8 Å². The van der Waals surface area contributed by atoms with Crippen molar-refractivity contribution in [1.82, 2.24) is 10.2 Å². The quantitative estimate of drug-likeness (QED) is 0.539. The van der Waals surface area contributed by atoms with Crippen molar-refractivity contribution in [2.75, 3.05) is 6.54 Å². The standard InChI is InChI=1S/C21H22FN3O2S/c22-16-11-9-15(10-12-16)14-23-19(26)8-2-1-5-13-25-20(27)17-6-3-4-7-18(17)24-21(25)28/h3-4,6-7,9-12,17H,1-2,5,8,13-14H2,(H,23,26). The highest BCUT2D eigenvalue weighted by atomic mass is 32.1. The minimum Gasteiger partial charge on any atom is -0.352 e. The fourth-order valence-corrected chi connectivity index (χ4v) is 3.40. The molecule has 2 aliphatic rings. The van der Waals surface area contributed by atoms with E-state index in [0.29, 0.717) is 30.3 Å². The van der Waals surface area contributed by atoms with E-state index >= 15 is 0 Å². The van der Waals surface area contributed by atoms with Crippen LogP contribution in [0.4, 0.5) is 4.39 Å². The van der Waals surface area contributed by atoms with Crippen LogP contribution in [0.25, 0.3) is 0 Å². The Balaban J connectivity index is 1.35. The number of unbranched alkanes of at least 4 members (excludes halogenated alkanes) is 2. The Morgan fingerprint density at radius 2 is 1.96 bits per heavy atom. The number of benzene rings is 1. The Morgan fingerprint density at radius 3 is 2.75 bits per heavy atom. The van der Waals surface area contributed by atoms with E-state index in [1.165, 1.54) is 12.1 Å². The maximum atomic E-state index is 12.9. The molecule has 2 amide bonds. The number of carbonyl (C=O) groups is 2. The lowest BCUT2D eigenvalue weighted by Crippen LogP contribution is -2.46. The number of hydrogen-bond acceptors (Lipinski definition) is 3. The molecule has 5 nitrogen and oxygen atoms in total. The van der Waals surface area contributed by atoms with Crippen LogP contribution in [0, 0.1) is 11.7 Å². The van der Waals surface area contributed by atoms with Crippen molar-refractivity contribution < 1.29 is 14.0 Å². The summed E-state index contributed by atoms with van der Waals surface area (Å²) in [6, 6.07) is 6.05. The zero-order valence-electron chi connectivity index (χ0n) is 15.4. The number of nitrogens with one attached hydrogen (secondary N) is 1. The number of thiocarbonyl (C=S) groups is 1. The van der Waals surface area contributed by atoms with Gasteiger partial charge in [-0.1, -0.05) is 36.8 Å². The van der Waals surface area contributed by atoms with Crippen molar-refractivity contribution >= 4 is 34.9 Å². The summed E-state index contributed by atoms with van der Waals surface area (Å²) >= 11 is 5.25. The molecule has 1 heterocycles. The molecule has 146 valence electrons. The molecule has 0 saturated carbocycles. The minimum atomic E-state index is -0.339. The van der Waals surface area contributed by atoms with E-state index in [1.807, 2.05) is 24.3 Å². The molecule has 1 unspecified atom stereocenters. The van der Waals surface area contributed by atoms with E-state index in [2.05, 4.69) is 10.3 Å². The molecule has 0 fully saturated rings. The molecule has 0 saturated heterocycles. The number of halogens is 1. The van der Waals surface area contributed by atoms with E-state index in [-0.39, 0.29) is 23.5 Å². The van der Waals surface area contributed by atoms with E-state index in [1.54, 1.807) is 17.0 Å². The van der Waals surface area contributed by atoms with Gasteiger partial charge in [0.15, 0.2) is 0 Å². The van der Waals surface area contributed by atoms with E-state index < -0.39 is 0 Å². The molecular formula is C21H22FN3O2S. The first-order valence-corrected chi connectivity index (χ1v) is 9.75. The molecule has 1 N–H and O–H groups in total. The number of rotatable bonds is 8. The molecule has 0 spiro atoms. The third-order valence-corrected chi connectivity index (χ3v) is 4.99. The van der Waals surface area contributed by atoms with Crippen LogP contribution in [-0.2, 0) is 16.1 Å². The van der Waals surface area contributed by atoms with Crippen molar-refractivity contribution in [2.45, 2.75) is 32.2 Å². The monoisotopic (exact) mass is 399 g/mol. The summed E-state index contributed by atoms with van der Waals surface area (Å²) in [6.45, 7) is 0.902. The first-order valence-electron chi connectivity index (χ1n) is 9.34. The summed E-state index contributed by atoms with van der Waals surface area (Å²) in [6.07, 6.45) is 10.1. The van der Waals surface area contributed by atoms with Crippen LogP contribution in [0.1, 0.15) is 31.2 Å². The lowest BCUT2D eigenvalue weighted by atomic mass is 9.95. The highest BCUT2D eigenvalue weighted by Crippen LogP contribution is 2.20. The summed E-state index contributed by atoms with van der Waals surface area (Å²) < 4.78 is 12.9. The number of hydrogen-bond donors (Lipinski definition) is 1. The number of fused-ring (bicyclic) bond motifs is 1. The Labute approximate surface area is 169 Å². The predicted molar refractivity (Wildman–Crippen MR) is 110 cm³/mol. The highest BCUT2D eigenvalue weighted by Gasteiger charge is 2.33. The molecule has 0 radical (unpaired) electrons. The Morgan fingerprint density at radius 1 is 1.18 bits per heavy atom. The highest BCUT2D eigenvalue weighted by molar-refractivity contribution is 7.80. The second-order valence-corrected chi connectivity index (χ2v) is 7.11. The van der Waals surface area contributed by atoms with Crippen molar-refractivity contribution in [3.8, 4) is 0 Å². The molecule has 1 aromatic carbocycles. The van der Waals surface area contributed by atoms with Gasteiger partial charge in [-0.3, -0.25) is 14.5 Å². The van der Waals surface area contributed by atoms with Crippen LogP contribution in [-0.4, -0.2) is 34.1 Å². The van der Waals surface area contributed by atoms with Gasteiger partial charge in [0.2, 0.25) is 16.9 Å². The van der Waals surface area contributed by atoms with Crippen molar-refractivity contribution in [3.63, 3.8) is 0 Å². The lowest BCUT2D eigenvalue weighted by Gasteiger charge is -2.30. The SMILES string of the molecule is O=C(CCCCCN1C(=O)C2C=CC=CC2=NC1=S)NCc1ccc(F)cc1. The number of allylic oxidation sites excluding steroid dienone is 3. The van der Waals surface area contributed by atoms with Gasteiger partial charge in [-0.2, -0.15) is 0 Å². The van der Waals surface area contributed by atoms with Gasteiger partial charge >= 0.3 is 0 Å². The summed E-state index contributed by atoms with van der Waals surface area (Å²) in [4.78, 5) is 30.4. The molecule has 1 aliphatic heterocycles. The van der Waals surface area contributed by atoms with Crippen molar-refractivity contribution in [1.29, 1.82) is 0 Å². The largest absolute Gasteiger partial charge is 0.352 e. The van der Waals surface area contributed by atoms with Crippen molar-refractivity contribution in [3.05, 3.63) is 60.0 Å². The summed E-state index contributed by atoms with van der Waals surface area (Å²) in [5.41, 5.74) is 1.56. The normalized spacial score (nSPS) is 18.1. The van der Waals surface area contributed by atoms with Crippen LogP contribution in [0.5, 0.6) is 0 Å². The maximum absolute atomic E-state index is 12.9. The fraction of sp³-hybridized carbons (Fsp3) is 0.333. The molecule has 7 heteroatoms. The van der Waals surface area contributed by atoms with Gasteiger partial charge in [0.25, 0.3) is 0 Å². The van der Waals surface area contributed by atoms with E-state index in [0.717, 1.165) is 24.8 Å². The fourth-order valence-electron chi connectivity index (χ4n) is 3.11. The van der Waals surface area contributed by atoms with Gasteiger partial charge < -0.3 is 5.32 Å². The minimum absolute atomic E-state index is 0.0346. The molecule has 3 rings (SSSR count). The molecule has 1 atom stereocenters. The molecular weight excluding hydrogens is 377 g/mol. The number of nitrogens with zero attached hydrogens (tertiary/aromatic N) is 2. The van der Waals surface area contributed by atoms with E-state index in [9.17, 15) is 14.0 Å². The zero-order valence-corrected chi connectivity index (χ0v) is 16.3. The molecule has 0 aromatic heterocycles. The van der Waals surface area contributed by atoms with Gasteiger partial charge in [-0.05, 0) is 48.8 Å². The summed E-state index contributed by atoms with van der Waals surface area (Å²) in [5.74, 6) is -0.705. The van der Waals surface area contributed by atoms with Gasteiger partial charge in [-0.15, -0.1) is 0 Å². The second kappa shape index (κ2) is 9.50. The zero-order chi connectivity index (χ0) is 19.9. The Kier molecular flexibility index (Phi) is 6.81. The van der Waals surface area contributed by atoms with Crippen LogP contribution >= 0.6 is 12.2 Å². The van der Waals surface area contributed by atoms with Gasteiger partial charge in [-0.25, -0.2) is 9.38 Å². The molecule has 1 aromatic rings. The third kappa shape index (κ3) is 5.19. The van der Waals surface area contributed by atoms with Crippen LogP contribution < -0.4 is 5.32 Å². The van der Waals surface area contributed by atoms with Crippen LogP contribution in [0.15, 0.2) is 53.6 Å². The molecule has 28 heavy (non-hydrogen) atoms. The van der Waals surface area contributed by atoms with Gasteiger partial charge in [0.1, 0.15) is 5.82 Å².